The van der Waals surface area contributed by atoms with Gasteiger partial charge in [0.15, 0.2) is 0 Å². The van der Waals surface area contributed by atoms with E-state index in [2.05, 4.69) is 25.0 Å². The van der Waals surface area contributed by atoms with Crippen molar-refractivity contribution in [2.45, 2.75) is 27.7 Å². The predicted octanol–water partition coefficient (Wildman–Crippen LogP) is 6.42. The zero-order chi connectivity index (χ0) is 16.8. The molecule has 0 fully saturated rings. The molecule has 0 N–H and O–H groups in total. The second kappa shape index (κ2) is 12.2. The summed E-state index contributed by atoms with van der Waals surface area (Å²) in [5.74, 6) is 6.28. The van der Waals surface area contributed by atoms with Crippen LogP contribution in [0.1, 0.15) is 49.9 Å². The van der Waals surface area contributed by atoms with Crippen LogP contribution in [0.3, 0.4) is 0 Å². The van der Waals surface area contributed by atoms with Gasteiger partial charge < -0.3 is 0 Å². The number of rotatable bonds is 2. The molecule has 0 saturated carbocycles. The third-order valence-corrected chi connectivity index (χ3v) is 2.64. The lowest BCUT2D eigenvalue weighted by Gasteiger charge is -1.94. The predicted molar refractivity (Wildman–Crippen MR) is 102 cm³/mol. The van der Waals surface area contributed by atoms with Gasteiger partial charge in [0.05, 0.1) is 0 Å². The van der Waals surface area contributed by atoms with E-state index in [1.165, 1.54) is 0 Å². The third kappa shape index (κ3) is 6.77. The van der Waals surface area contributed by atoms with Gasteiger partial charge in [0.2, 0.25) is 0 Å². The number of benzene rings is 2. The van der Waals surface area contributed by atoms with Gasteiger partial charge in [-0.2, -0.15) is 0 Å². The van der Waals surface area contributed by atoms with Gasteiger partial charge in [-0.1, -0.05) is 89.1 Å². The fraction of sp³-hybridized carbons (Fsp3) is 0.182. The maximum atomic E-state index is 3.73. The van der Waals surface area contributed by atoms with Gasteiger partial charge in [0.25, 0.3) is 0 Å². The van der Waals surface area contributed by atoms with Crippen molar-refractivity contribution < 1.29 is 0 Å². The molecular weight excluding hydrogens is 264 g/mol. The van der Waals surface area contributed by atoms with Crippen LogP contribution < -0.4 is 0 Å². The molecule has 0 bridgehead atoms. The van der Waals surface area contributed by atoms with E-state index in [0.717, 1.165) is 22.3 Å². The molecule has 114 valence electrons. The van der Waals surface area contributed by atoms with Crippen LogP contribution in [0.2, 0.25) is 0 Å². The van der Waals surface area contributed by atoms with Gasteiger partial charge in [0, 0.05) is 11.1 Å². The highest BCUT2D eigenvalue weighted by molar-refractivity contribution is 5.52. The number of hydrogen-bond acceptors (Lipinski definition) is 0. The summed E-state index contributed by atoms with van der Waals surface area (Å²) < 4.78 is 0. The molecule has 22 heavy (non-hydrogen) atoms. The lowest BCUT2D eigenvalue weighted by atomic mass is 10.1. The molecule has 0 heterocycles. The van der Waals surface area contributed by atoms with Crippen molar-refractivity contribution in [1.82, 2.24) is 0 Å². The quantitative estimate of drug-likeness (QED) is 0.559. The Morgan fingerprint density at radius 2 is 0.864 bits per heavy atom. The fourth-order valence-electron chi connectivity index (χ4n) is 1.55. The highest BCUT2D eigenvalue weighted by Crippen LogP contribution is 2.06. The lowest BCUT2D eigenvalue weighted by molar-refractivity contribution is 1.50. The van der Waals surface area contributed by atoms with Crippen LogP contribution in [-0.4, -0.2) is 0 Å². The van der Waals surface area contributed by atoms with Gasteiger partial charge in [-0.25, -0.2) is 0 Å². The zero-order valence-electron chi connectivity index (χ0n) is 14.2. The molecule has 2 rings (SSSR count). The van der Waals surface area contributed by atoms with Crippen LogP contribution in [0.15, 0.2) is 61.7 Å². The smallest absolute Gasteiger partial charge is 0.0249 e. The molecule has 0 radical (unpaired) electrons. The summed E-state index contributed by atoms with van der Waals surface area (Å²) in [5.41, 5.74) is 4.23. The van der Waals surface area contributed by atoms with Crippen molar-refractivity contribution in [3.8, 4) is 11.8 Å². The van der Waals surface area contributed by atoms with Crippen LogP contribution >= 0.6 is 0 Å². The second-order valence-corrected chi connectivity index (χ2v) is 3.90. The van der Waals surface area contributed by atoms with E-state index in [0.29, 0.717) is 0 Å². The summed E-state index contributed by atoms with van der Waals surface area (Å²) in [6, 6.07) is 16.1. The van der Waals surface area contributed by atoms with Crippen molar-refractivity contribution in [2.24, 2.45) is 0 Å². The molecule has 0 unspecified atom stereocenters. The molecule has 0 aliphatic rings. The SMILES string of the molecule is C=Cc1ccc(C#Cc2ccc(C=C)cc2)cc1.CC.CC. The maximum Gasteiger partial charge on any atom is 0.0249 e. The second-order valence-electron chi connectivity index (χ2n) is 3.90. The Hall–Kier alpha value is -2.52. The van der Waals surface area contributed by atoms with Gasteiger partial charge in [-0.15, -0.1) is 0 Å². The third-order valence-electron chi connectivity index (χ3n) is 2.64. The Balaban J connectivity index is 0.00000102. The van der Waals surface area contributed by atoms with Crippen LogP contribution in [-0.2, 0) is 0 Å². The van der Waals surface area contributed by atoms with E-state index in [-0.39, 0.29) is 0 Å². The van der Waals surface area contributed by atoms with E-state index in [4.69, 9.17) is 0 Å². The molecule has 0 aliphatic heterocycles. The Kier molecular flexibility index (Phi) is 10.8. The summed E-state index contributed by atoms with van der Waals surface area (Å²) >= 11 is 0. The van der Waals surface area contributed by atoms with Gasteiger partial charge in [-0.3, -0.25) is 0 Å². The fourth-order valence-corrected chi connectivity index (χ4v) is 1.55. The summed E-state index contributed by atoms with van der Waals surface area (Å²) in [5, 5.41) is 0. The molecular formula is C22H26. The lowest BCUT2D eigenvalue weighted by Crippen LogP contribution is -1.78. The summed E-state index contributed by atoms with van der Waals surface area (Å²) in [7, 11) is 0. The minimum Gasteiger partial charge on any atom is -0.0985 e. The maximum absolute atomic E-state index is 3.73. The van der Waals surface area contributed by atoms with Crippen molar-refractivity contribution in [2.75, 3.05) is 0 Å². The Morgan fingerprint density at radius 1 is 0.591 bits per heavy atom. The van der Waals surface area contributed by atoms with E-state index in [1.807, 2.05) is 88.4 Å². The van der Waals surface area contributed by atoms with Gasteiger partial charge >= 0.3 is 0 Å². The van der Waals surface area contributed by atoms with E-state index < -0.39 is 0 Å². The molecule has 0 heteroatoms. The summed E-state index contributed by atoms with van der Waals surface area (Å²) in [6.45, 7) is 15.5. The van der Waals surface area contributed by atoms with Crippen LogP contribution in [0.25, 0.3) is 12.2 Å². The first-order valence-corrected chi connectivity index (χ1v) is 7.79. The minimum atomic E-state index is 1.01. The first kappa shape index (κ1) is 19.5. The van der Waals surface area contributed by atoms with Crippen LogP contribution in [0.4, 0.5) is 0 Å². The largest absolute Gasteiger partial charge is 0.0985 e. The highest BCUT2D eigenvalue weighted by Gasteiger charge is 1.89. The van der Waals surface area contributed by atoms with E-state index in [9.17, 15) is 0 Å². The average Bonchev–Trinajstić information content (AvgIpc) is 2.64. The number of hydrogen-bond donors (Lipinski definition) is 0. The molecule has 0 aromatic heterocycles. The van der Waals surface area contributed by atoms with Crippen LogP contribution in [0, 0.1) is 11.8 Å². The summed E-state index contributed by atoms with van der Waals surface area (Å²) in [6.07, 6.45) is 3.65. The normalized spacial score (nSPS) is 8.00. The zero-order valence-corrected chi connectivity index (χ0v) is 14.2. The summed E-state index contributed by atoms with van der Waals surface area (Å²) in [4.78, 5) is 0. The first-order chi connectivity index (χ1) is 10.8. The van der Waals surface area contributed by atoms with Crippen molar-refractivity contribution >= 4 is 12.2 Å². The molecule has 0 amide bonds. The molecule has 0 nitrogen and oxygen atoms in total. The molecule has 0 aliphatic carbocycles. The Bertz CT molecular complexity index is 546. The monoisotopic (exact) mass is 290 g/mol. The highest BCUT2D eigenvalue weighted by atomic mass is 13.9. The van der Waals surface area contributed by atoms with Crippen LogP contribution in [0.5, 0.6) is 0 Å². The Labute approximate surface area is 136 Å². The standard InChI is InChI=1S/C18H14.2C2H6/c1-3-15-5-9-17(10-6-15)13-14-18-11-7-16(4-2)8-12-18;2*1-2/h3-12H,1-2H2;2*1-2H3. The van der Waals surface area contributed by atoms with Gasteiger partial charge in [0.1, 0.15) is 0 Å². The topological polar surface area (TPSA) is 0 Å². The van der Waals surface area contributed by atoms with E-state index in [1.54, 1.807) is 0 Å². The van der Waals surface area contributed by atoms with E-state index >= 15 is 0 Å². The molecule has 0 atom stereocenters. The molecule has 2 aromatic rings. The molecule has 0 spiro atoms. The molecule has 0 saturated heterocycles. The first-order valence-electron chi connectivity index (χ1n) is 7.79. The van der Waals surface area contributed by atoms with Crippen molar-refractivity contribution in [3.63, 3.8) is 0 Å². The molecule has 2 aromatic carbocycles. The minimum absolute atomic E-state index is 1.01. The van der Waals surface area contributed by atoms with Crippen molar-refractivity contribution in [1.29, 1.82) is 0 Å². The van der Waals surface area contributed by atoms with Crippen molar-refractivity contribution in [3.05, 3.63) is 83.9 Å². The average molecular weight is 290 g/mol. The Morgan fingerprint density at radius 3 is 1.09 bits per heavy atom. The van der Waals surface area contributed by atoms with Gasteiger partial charge in [-0.05, 0) is 35.4 Å².